The molecule has 1 atom stereocenters. The van der Waals surface area contributed by atoms with Crippen molar-refractivity contribution in [3.05, 3.63) is 84.0 Å². The molecule has 1 N–H and O–H groups in total. The van der Waals surface area contributed by atoms with Crippen LogP contribution in [0.5, 0.6) is 0 Å². The zero-order valence-corrected chi connectivity index (χ0v) is 19.1. The molecule has 1 saturated heterocycles. The van der Waals surface area contributed by atoms with E-state index in [-0.39, 0.29) is 11.7 Å². The molecular formula is C27H30FN5. The molecule has 1 unspecified atom stereocenters. The van der Waals surface area contributed by atoms with Gasteiger partial charge in [-0.25, -0.2) is 9.37 Å². The minimum absolute atomic E-state index is 0.159. The summed E-state index contributed by atoms with van der Waals surface area (Å²) in [5.74, 6) is 0.803. The van der Waals surface area contributed by atoms with Crippen LogP contribution in [0, 0.1) is 5.82 Å². The van der Waals surface area contributed by atoms with Gasteiger partial charge in [0.2, 0.25) is 5.95 Å². The number of allylic oxidation sites excluding steroid dienone is 4. The van der Waals surface area contributed by atoms with Crippen LogP contribution in [0.4, 0.5) is 10.3 Å². The Hall–Kier alpha value is -3.41. The van der Waals surface area contributed by atoms with E-state index in [1.54, 1.807) is 0 Å². The van der Waals surface area contributed by atoms with Crippen molar-refractivity contribution in [2.45, 2.75) is 38.0 Å². The average molecular weight is 444 g/mol. The van der Waals surface area contributed by atoms with Crippen molar-refractivity contribution in [3.8, 4) is 11.3 Å². The van der Waals surface area contributed by atoms with Crippen molar-refractivity contribution in [3.63, 3.8) is 0 Å². The number of aromatic nitrogens is 3. The fourth-order valence-electron chi connectivity index (χ4n) is 5.06. The van der Waals surface area contributed by atoms with Gasteiger partial charge in [-0.2, -0.15) is 9.61 Å². The summed E-state index contributed by atoms with van der Waals surface area (Å²) in [7, 11) is 1.96. The van der Waals surface area contributed by atoms with E-state index < -0.39 is 0 Å². The molecule has 0 spiro atoms. The van der Waals surface area contributed by atoms with Gasteiger partial charge in [-0.15, -0.1) is 6.58 Å². The Balaban J connectivity index is 1.69. The summed E-state index contributed by atoms with van der Waals surface area (Å²) in [5.41, 5.74) is 6.42. The van der Waals surface area contributed by atoms with E-state index in [0.717, 1.165) is 59.9 Å². The smallest absolute Gasteiger partial charge is 0.227 e. The lowest BCUT2D eigenvalue weighted by Gasteiger charge is -2.27. The second-order valence-electron chi connectivity index (χ2n) is 8.75. The molecule has 2 aromatic heterocycles. The summed E-state index contributed by atoms with van der Waals surface area (Å²) in [6.07, 6.45) is 13.7. The number of anilines is 1. The molecule has 1 fully saturated rings. The van der Waals surface area contributed by atoms with E-state index in [4.69, 9.17) is 10.1 Å². The van der Waals surface area contributed by atoms with Crippen LogP contribution in [0.1, 0.15) is 43.6 Å². The quantitative estimate of drug-likeness (QED) is 0.503. The number of fused-ring (bicyclic) bond motifs is 1. The molecule has 1 aliphatic carbocycles. The molecule has 3 aromatic rings. The van der Waals surface area contributed by atoms with Crippen molar-refractivity contribution in [2.24, 2.45) is 0 Å². The summed E-state index contributed by atoms with van der Waals surface area (Å²) < 4.78 is 15.7. The summed E-state index contributed by atoms with van der Waals surface area (Å²) >= 11 is 0. The maximum absolute atomic E-state index is 13.7. The SMILES string of the molecule is C=CCC1=CC(c2c(-c3ccc(F)cc3)nn3c(N4CCCCC4)nccc23)CC=C1NC. The van der Waals surface area contributed by atoms with Gasteiger partial charge in [0.05, 0.1) is 11.2 Å². The van der Waals surface area contributed by atoms with Crippen molar-refractivity contribution < 1.29 is 4.39 Å². The van der Waals surface area contributed by atoms with Gasteiger partial charge in [0.25, 0.3) is 0 Å². The largest absolute Gasteiger partial charge is 0.388 e. The van der Waals surface area contributed by atoms with Gasteiger partial charge in [-0.05, 0) is 68.0 Å². The van der Waals surface area contributed by atoms with E-state index in [9.17, 15) is 4.39 Å². The predicted octanol–water partition coefficient (Wildman–Crippen LogP) is 5.62. The van der Waals surface area contributed by atoms with E-state index in [1.807, 2.05) is 36.0 Å². The summed E-state index contributed by atoms with van der Waals surface area (Å²) in [6, 6.07) is 8.71. The van der Waals surface area contributed by atoms with Gasteiger partial charge in [0, 0.05) is 49.1 Å². The number of hydrogen-bond acceptors (Lipinski definition) is 4. The lowest BCUT2D eigenvalue weighted by atomic mass is 9.85. The summed E-state index contributed by atoms with van der Waals surface area (Å²) in [5, 5.41) is 8.39. The van der Waals surface area contributed by atoms with Crippen molar-refractivity contribution >= 4 is 11.5 Å². The molecule has 33 heavy (non-hydrogen) atoms. The number of rotatable bonds is 6. The van der Waals surface area contributed by atoms with Crippen molar-refractivity contribution in [2.75, 3.05) is 25.0 Å². The zero-order chi connectivity index (χ0) is 22.8. The molecular weight excluding hydrogens is 413 g/mol. The number of nitrogens with one attached hydrogen (secondary N) is 1. The first-order valence-corrected chi connectivity index (χ1v) is 11.8. The maximum atomic E-state index is 13.7. The average Bonchev–Trinajstić information content (AvgIpc) is 3.25. The fraction of sp³-hybridized carbons (Fsp3) is 0.333. The molecule has 170 valence electrons. The van der Waals surface area contributed by atoms with Gasteiger partial charge in [-0.3, -0.25) is 0 Å². The normalized spacial score (nSPS) is 18.7. The second kappa shape index (κ2) is 9.22. The minimum Gasteiger partial charge on any atom is -0.388 e. The van der Waals surface area contributed by atoms with Crippen LogP contribution in [-0.2, 0) is 0 Å². The molecule has 3 heterocycles. The Morgan fingerprint density at radius 3 is 2.67 bits per heavy atom. The second-order valence-corrected chi connectivity index (χ2v) is 8.75. The van der Waals surface area contributed by atoms with Crippen LogP contribution in [-0.4, -0.2) is 34.7 Å². The first-order valence-electron chi connectivity index (χ1n) is 11.8. The number of nitrogens with zero attached hydrogens (tertiary/aromatic N) is 4. The zero-order valence-electron chi connectivity index (χ0n) is 19.1. The molecule has 5 rings (SSSR count). The van der Waals surface area contributed by atoms with Crippen molar-refractivity contribution in [1.82, 2.24) is 19.9 Å². The fourth-order valence-corrected chi connectivity index (χ4v) is 5.06. The highest BCUT2D eigenvalue weighted by molar-refractivity contribution is 5.76. The molecule has 6 heteroatoms. The van der Waals surface area contributed by atoms with E-state index >= 15 is 0 Å². The summed E-state index contributed by atoms with van der Waals surface area (Å²) in [6.45, 7) is 5.93. The maximum Gasteiger partial charge on any atom is 0.227 e. The number of halogens is 1. The predicted molar refractivity (Wildman–Crippen MR) is 132 cm³/mol. The molecule has 2 aliphatic rings. The van der Waals surface area contributed by atoms with E-state index in [0.29, 0.717) is 0 Å². The van der Waals surface area contributed by atoms with Gasteiger partial charge in [0.15, 0.2) is 0 Å². The Morgan fingerprint density at radius 1 is 1.15 bits per heavy atom. The Kier molecular flexibility index (Phi) is 5.99. The lowest BCUT2D eigenvalue weighted by molar-refractivity contribution is 0.562. The molecule has 0 bridgehead atoms. The monoisotopic (exact) mass is 443 g/mol. The third-order valence-corrected chi connectivity index (χ3v) is 6.66. The first-order chi connectivity index (χ1) is 16.2. The number of piperidine rings is 1. The van der Waals surface area contributed by atoms with Crippen molar-refractivity contribution in [1.29, 1.82) is 0 Å². The Labute approximate surface area is 194 Å². The Morgan fingerprint density at radius 2 is 1.94 bits per heavy atom. The van der Waals surface area contributed by atoms with Crippen LogP contribution < -0.4 is 10.2 Å². The summed E-state index contributed by atoms with van der Waals surface area (Å²) in [4.78, 5) is 7.06. The van der Waals surface area contributed by atoms with Crippen LogP contribution in [0.25, 0.3) is 16.8 Å². The highest BCUT2D eigenvalue weighted by Gasteiger charge is 2.26. The van der Waals surface area contributed by atoms with Gasteiger partial charge < -0.3 is 10.2 Å². The van der Waals surface area contributed by atoms with Crippen LogP contribution in [0.3, 0.4) is 0 Å². The molecule has 5 nitrogen and oxygen atoms in total. The molecule has 0 amide bonds. The number of likely N-dealkylation sites (N-methyl/N-ethyl adjacent to an activating group) is 1. The Bertz CT molecular complexity index is 1220. The van der Waals surface area contributed by atoms with E-state index in [1.165, 1.54) is 37.0 Å². The highest BCUT2D eigenvalue weighted by Crippen LogP contribution is 2.40. The van der Waals surface area contributed by atoms with Crippen LogP contribution in [0.15, 0.2) is 72.6 Å². The highest BCUT2D eigenvalue weighted by atomic mass is 19.1. The lowest BCUT2D eigenvalue weighted by Crippen LogP contribution is -2.32. The third kappa shape index (κ3) is 4.06. The van der Waals surface area contributed by atoms with Gasteiger partial charge in [0.1, 0.15) is 5.82 Å². The standard InChI is InChI=1S/C27H30FN5/c1-3-7-20-18-21(10-13-23(20)29-2)25-24-14-15-30-27(32-16-5-4-6-17-32)33(24)31-26(25)19-8-11-22(28)12-9-19/h3,8-9,11-15,18,21,29H,1,4-7,10,16-17H2,2H3. The first kappa shape index (κ1) is 21.4. The molecule has 0 saturated carbocycles. The van der Waals surface area contributed by atoms with Crippen LogP contribution in [0.2, 0.25) is 0 Å². The topological polar surface area (TPSA) is 45.5 Å². The number of benzene rings is 1. The minimum atomic E-state index is -0.243. The third-order valence-electron chi connectivity index (χ3n) is 6.66. The van der Waals surface area contributed by atoms with Gasteiger partial charge >= 0.3 is 0 Å². The van der Waals surface area contributed by atoms with Gasteiger partial charge in [-0.1, -0.05) is 18.2 Å². The molecule has 0 radical (unpaired) electrons. The number of hydrogen-bond donors (Lipinski definition) is 1. The van der Waals surface area contributed by atoms with E-state index in [2.05, 4.69) is 35.0 Å². The van der Waals surface area contributed by atoms with Crippen LogP contribution >= 0.6 is 0 Å². The molecule has 1 aromatic carbocycles. The molecule has 1 aliphatic heterocycles.